The van der Waals surface area contributed by atoms with Crippen molar-refractivity contribution >= 4 is 5.91 Å². The molecule has 1 heterocycles. The van der Waals surface area contributed by atoms with Crippen LogP contribution in [0.5, 0.6) is 5.75 Å². The molecule has 4 nitrogen and oxygen atoms in total. The maximum Gasteiger partial charge on any atom is 0.222 e. The van der Waals surface area contributed by atoms with E-state index in [4.69, 9.17) is 4.74 Å². The molecule has 1 aliphatic carbocycles. The summed E-state index contributed by atoms with van der Waals surface area (Å²) in [6.45, 7) is 4.24. The lowest BCUT2D eigenvalue weighted by atomic mass is 10.1. The van der Waals surface area contributed by atoms with Gasteiger partial charge in [0.05, 0.1) is 6.61 Å². The van der Waals surface area contributed by atoms with Crippen LogP contribution in [0.3, 0.4) is 0 Å². The van der Waals surface area contributed by atoms with Gasteiger partial charge in [-0.1, -0.05) is 42.5 Å². The summed E-state index contributed by atoms with van der Waals surface area (Å²) in [5.41, 5.74) is 3.00. The Morgan fingerprint density at radius 1 is 0.963 bits per heavy atom. The molecule has 1 aliphatic heterocycles. The van der Waals surface area contributed by atoms with Gasteiger partial charge in [-0.2, -0.15) is 0 Å². The van der Waals surface area contributed by atoms with E-state index in [-0.39, 0.29) is 5.91 Å². The molecule has 1 amide bonds. The predicted molar refractivity (Wildman–Crippen MR) is 107 cm³/mol. The largest absolute Gasteiger partial charge is 0.494 e. The topological polar surface area (TPSA) is 32.8 Å². The van der Waals surface area contributed by atoms with Crippen molar-refractivity contribution in [2.75, 3.05) is 32.8 Å². The number of benzene rings is 2. The van der Waals surface area contributed by atoms with E-state index in [9.17, 15) is 4.79 Å². The third-order valence-electron chi connectivity index (χ3n) is 5.76. The fraction of sp³-hybridized carbons (Fsp3) is 0.435. The first-order valence-corrected chi connectivity index (χ1v) is 10.1. The summed E-state index contributed by atoms with van der Waals surface area (Å²) in [5.74, 6) is 1.13. The third kappa shape index (κ3) is 4.33. The molecular weight excluding hydrogens is 336 g/mol. The summed E-state index contributed by atoms with van der Waals surface area (Å²) in [7, 11) is 0. The molecule has 2 aromatic rings. The van der Waals surface area contributed by atoms with Crippen molar-refractivity contribution in [3.63, 3.8) is 0 Å². The van der Waals surface area contributed by atoms with Gasteiger partial charge in [0, 0.05) is 38.6 Å². The Kier molecular flexibility index (Phi) is 5.73. The van der Waals surface area contributed by atoms with Gasteiger partial charge in [0.15, 0.2) is 0 Å². The maximum atomic E-state index is 12.5. The summed E-state index contributed by atoms with van der Waals surface area (Å²) < 4.78 is 5.68. The summed E-state index contributed by atoms with van der Waals surface area (Å²) >= 11 is 0. The molecule has 2 aliphatic rings. The number of hydrogen-bond donors (Lipinski definition) is 0. The predicted octanol–water partition coefficient (Wildman–Crippen LogP) is 3.68. The van der Waals surface area contributed by atoms with Crippen LogP contribution >= 0.6 is 0 Å². The van der Waals surface area contributed by atoms with Crippen LogP contribution in [0.25, 0.3) is 0 Å². The van der Waals surface area contributed by atoms with Crippen LogP contribution < -0.4 is 4.74 Å². The molecule has 0 spiro atoms. The van der Waals surface area contributed by atoms with Crippen molar-refractivity contribution in [3.8, 4) is 5.75 Å². The number of carbonyl (C=O) groups is 1. The van der Waals surface area contributed by atoms with Crippen molar-refractivity contribution in [1.29, 1.82) is 0 Å². The highest BCUT2D eigenvalue weighted by molar-refractivity contribution is 5.76. The third-order valence-corrected chi connectivity index (χ3v) is 5.76. The van der Waals surface area contributed by atoms with Gasteiger partial charge in [-0.05, 0) is 42.5 Å². The lowest BCUT2D eigenvalue weighted by Crippen LogP contribution is -2.49. The number of piperazine rings is 1. The quantitative estimate of drug-likeness (QED) is 0.733. The van der Waals surface area contributed by atoms with E-state index in [0.717, 1.165) is 38.3 Å². The van der Waals surface area contributed by atoms with E-state index >= 15 is 0 Å². The molecule has 1 atom stereocenters. The molecule has 1 fully saturated rings. The number of aryl methyl sites for hydroxylation is 1. The summed E-state index contributed by atoms with van der Waals surface area (Å²) in [6, 6.07) is 19.1. The highest BCUT2D eigenvalue weighted by Gasteiger charge is 2.30. The Hall–Kier alpha value is -2.33. The average molecular weight is 364 g/mol. The molecule has 0 N–H and O–H groups in total. The molecule has 4 rings (SSSR count). The lowest BCUT2D eigenvalue weighted by Gasteiger charge is -2.38. The van der Waals surface area contributed by atoms with E-state index in [1.807, 2.05) is 35.2 Å². The zero-order valence-electron chi connectivity index (χ0n) is 15.8. The van der Waals surface area contributed by atoms with Crippen LogP contribution in [-0.2, 0) is 11.2 Å². The van der Waals surface area contributed by atoms with Crippen LogP contribution in [0, 0.1) is 0 Å². The van der Waals surface area contributed by atoms with E-state index in [1.165, 1.54) is 24.0 Å². The normalized spacial score (nSPS) is 19.7. The Bertz CT molecular complexity index is 754. The fourth-order valence-electron chi connectivity index (χ4n) is 4.29. The minimum Gasteiger partial charge on any atom is -0.494 e. The Morgan fingerprint density at radius 3 is 2.52 bits per heavy atom. The first-order chi connectivity index (χ1) is 13.3. The fourth-order valence-corrected chi connectivity index (χ4v) is 4.29. The first kappa shape index (κ1) is 18.1. The number of nitrogens with zero attached hydrogens (tertiary/aromatic N) is 2. The van der Waals surface area contributed by atoms with E-state index in [0.29, 0.717) is 19.1 Å². The van der Waals surface area contributed by atoms with Gasteiger partial charge >= 0.3 is 0 Å². The van der Waals surface area contributed by atoms with Crippen LogP contribution in [0.15, 0.2) is 54.6 Å². The van der Waals surface area contributed by atoms with Gasteiger partial charge in [-0.25, -0.2) is 0 Å². The number of rotatable bonds is 6. The zero-order valence-corrected chi connectivity index (χ0v) is 15.8. The maximum absolute atomic E-state index is 12.5. The van der Waals surface area contributed by atoms with E-state index in [2.05, 4.69) is 29.2 Å². The lowest BCUT2D eigenvalue weighted by molar-refractivity contribution is -0.133. The van der Waals surface area contributed by atoms with Crippen LogP contribution in [-0.4, -0.2) is 48.5 Å². The molecule has 1 saturated heterocycles. The molecule has 27 heavy (non-hydrogen) atoms. The number of para-hydroxylation sites is 1. The van der Waals surface area contributed by atoms with Gasteiger partial charge in [0.25, 0.3) is 0 Å². The number of fused-ring (bicyclic) bond motifs is 1. The second-order valence-electron chi connectivity index (χ2n) is 7.44. The molecule has 4 heteroatoms. The molecule has 0 radical (unpaired) electrons. The number of amides is 1. The van der Waals surface area contributed by atoms with Gasteiger partial charge < -0.3 is 9.64 Å². The van der Waals surface area contributed by atoms with Crippen LogP contribution in [0.2, 0.25) is 0 Å². The Morgan fingerprint density at radius 2 is 1.70 bits per heavy atom. The SMILES string of the molecule is O=C(CCCOc1ccccc1)N1CCN(C2CCc3ccccc32)CC1. The number of ether oxygens (including phenoxy) is 1. The summed E-state index contributed by atoms with van der Waals surface area (Å²) in [4.78, 5) is 17.1. The van der Waals surface area contributed by atoms with Gasteiger partial charge in [-0.3, -0.25) is 9.69 Å². The smallest absolute Gasteiger partial charge is 0.222 e. The average Bonchev–Trinajstić information content (AvgIpc) is 3.16. The molecule has 0 aromatic heterocycles. The van der Waals surface area contributed by atoms with E-state index in [1.54, 1.807) is 0 Å². The minimum absolute atomic E-state index is 0.262. The molecule has 0 bridgehead atoms. The molecule has 2 aromatic carbocycles. The van der Waals surface area contributed by atoms with Crippen molar-refractivity contribution in [2.24, 2.45) is 0 Å². The van der Waals surface area contributed by atoms with Crippen molar-refractivity contribution < 1.29 is 9.53 Å². The molecule has 142 valence electrons. The number of hydrogen-bond acceptors (Lipinski definition) is 3. The molecular formula is C23H28N2O2. The number of carbonyl (C=O) groups excluding carboxylic acids is 1. The second-order valence-corrected chi connectivity index (χ2v) is 7.44. The first-order valence-electron chi connectivity index (χ1n) is 10.1. The minimum atomic E-state index is 0.262. The standard InChI is InChI=1S/C23H28N2O2/c26-23(11-6-18-27-20-8-2-1-3-9-20)25-16-14-24(15-17-25)22-13-12-19-7-4-5-10-21(19)22/h1-5,7-10,22H,6,11-18H2. The van der Waals surface area contributed by atoms with Gasteiger partial charge in [0.2, 0.25) is 5.91 Å². The van der Waals surface area contributed by atoms with Gasteiger partial charge in [0.1, 0.15) is 5.75 Å². The summed E-state index contributed by atoms with van der Waals surface area (Å²) in [6.07, 6.45) is 3.73. The monoisotopic (exact) mass is 364 g/mol. The Labute approximate surface area is 161 Å². The zero-order chi connectivity index (χ0) is 18.5. The molecule has 1 unspecified atom stereocenters. The highest BCUT2D eigenvalue weighted by Crippen LogP contribution is 2.35. The molecule has 0 saturated carbocycles. The van der Waals surface area contributed by atoms with Crippen molar-refractivity contribution in [3.05, 3.63) is 65.7 Å². The van der Waals surface area contributed by atoms with Crippen LogP contribution in [0.1, 0.15) is 36.4 Å². The Balaban J connectivity index is 1.20. The van der Waals surface area contributed by atoms with E-state index < -0.39 is 0 Å². The van der Waals surface area contributed by atoms with Crippen LogP contribution in [0.4, 0.5) is 0 Å². The van der Waals surface area contributed by atoms with Crippen molar-refractivity contribution in [2.45, 2.75) is 31.7 Å². The second kappa shape index (κ2) is 8.57. The highest BCUT2D eigenvalue weighted by atomic mass is 16.5. The van der Waals surface area contributed by atoms with Gasteiger partial charge in [-0.15, -0.1) is 0 Å². The van der Waals surface area contributed by atoms with Crippen molar-refractivity contribution in [1.82, 2.24) is 9.80 Å². The summed E-state index contributed by atoms with van der Waals surface area (Å²) in [5, 5.41) is 0.